The van der Waals surface area contributed by atoms with E-state index in [1.54, 1.807) is 0 Å². The van der Waals surface area contributed by atoms with Gasteiger partial charge in [-0.05, 0) is 6.42 Å². The van der Waals surface area contributed by atoms with Gasteiger partial charge in [-0.1, -0.05) is 0 Å². The van der Waals surface area contributed by atoms with Crippen LogP contribution in [0.25, 0.3) is 0 Å². The third kappa shape index (κ3) is 2.97. The molecule has 0 unspecified atom stereocenters. The number of pyridine rings is 1. The average Bonchev–Trinajstić information content (AvgIpc) is 2.41. The minimum Gasteiger partial charge on any atom is -0.478 e. The lowest BCUT2D eigenvalue weighted by atomic mass is 9.99. The molecular weight excluding hydrogens is 343 g/mol. The number of carboxylic acids is 1. The predicted molar refractivity (Wildman–Crippen MR) is 69.3 cm³/mol. The number of alkyl halides is 5. The minimum atomic E-state index is -5.29. The highest BCUT2D eigenvalue weighted by Crippen LogP contribution is 2.41. The summed E-state index contributed by atoms with van der Waals surface area (Å²) in [6.07, 6.45) is -8.30. The summed E-state index contributed by atoms with van der Waals surface area (Å²) in [5, 5.41) is 9.18. The molecular formula is C13H11F5N2O4. The third-order valence-corrected chi connectivity index (χ3v) is 3.45. The van der Waals surface area contributed by atoms with Crippen molar-refractivity contribution in [1.29, 1.82) is 0 Å². The first-order chi connectivity index (χ1) is 11.1. The number of methoxy groups -OCH3 is 1. The van der Waals surface area contributed by atoms with Crippen LogP contribution in [-0.4, -0.2) is 42.2 Å². The Hall–Kier alpha value is -2.46. The van der Waals surface area contributed by atoms with Crippen LogP contribution in [0.3, 0.4) is 0 Å². The fourth-order valence-electron chi connectivity index (χ4n) is 2.32. The molecule has 24 heavy (non-hydrogen) atoms. The maximum atomic E-state index is 13.2. The van der Waals surface area contributed by atoms with E-state index in [-0.39, 0.29) is 13.1 Å². The zero-order chi connectivity index (χ0) is 18.2. The molecule has 0 aliphatic carbocycles. The van der Waals surface area contributed by atoms with Gasteiger partial charge in [0.2, 0.25) is 0 Å². The zero-order valence-electron chi connectivity index (χ0n) is 12.2. The molecule has 0 amide bonds. The summed E-state index contributed by atoms with van der Waals surface area (Å²) in [6, 6.07) is 0. The van der Waals surface area contributed by atoms with E-state index in [4.69, 9.17) is 0 Å². The Morgan fingerprint density at radius 1 is 1.25 bits per heavy atom. The molecule has 6 nitrogen and oxygen atoms in total. The van der Waals surface area contributed by atoms with Gasteiger partial charge in [0.15, 0.2) is 5.69 Å². The van der Waals surface area contributed by atoms with Crippen LogP contribution in [0.1, 0.15) is 45.0 Å². The SMILES string of the molecule is COC(=O)c1c(C(F)F)nc(C(F)(F)F)c(C(=O)O)c1N1CCC1. The normalized spacial score (nSPS) is 14.5. The molecule has 1 aliphatic heterocycles. The van der Waals surface area contributed by atoms with Crippen LogP contribution in [0.2, 0.25) is 0 Å². The molecule has 2 rings (SSSR count). The van der Waals surface area contributed by atoms with E-state index in [2.05, 4.69) is 9.72 Å². The molecule has 1 aliphatic rings. The van der Waals surface area contributed by atoms with Crippen molar-refractivity contribution in [2.75, 3.05) is 25.1 Å². The van der Waals surface area contributed by atoms with Gasteiger partial charge in [-0.25, -0.2) is 23.4 Å². The number of carbonyl (C=O) groups excluding carboxylic acids is 1. The minimum absolute atomic E-state index is 0.119. The number of anilines is 1. The van der Waals surface area contributed by atoms with Crippen molar-refractivity contribution in [3.8, 4) is 0 Å². The second-order valence-electron chi connectivity index (χ2n) is 4.88. The van der Waals surface area contributed by atoms with Crippen molar-refractivity contribution >= 4 is 17.6 Å². The number of halogens is 5. The van der Waals surface area contributed by atoms with E-state index < -0.39 is 52.7 Å². The molecule has 11 heteroatoms. The Kier molecular flexibility index (Phi) is 4.63. The number of rotatable bonds is 4. The van der Waals surface area contributed by atoms with Crippen LogP contribution < -0.4 is 4.90 Å². The van der Waals surface area contributed by atoms with Crippen LogP contribution in [0.15, 0.2) is 0 Å². The van der Waals surface area contributed by atoms with Gasteiger partial charge >= 0.3 is 18.1 Å². The maximum absolute atomic E-state index is 13.2. The Morgan fingerprint density at radius 2 is 1.83 bits per heavy atom. The highest BCUT2D eigenvalue weighted by molar-refractivity contribution is 6.05. The Labute approximate surface area is 131 Å². The molecule has 2 heterocycles. The molecule has 0 saturated carbocycles. The lowest BCUT2D eigenvalue weighted by Gasteiger charge is -2.36. The first-order valence-electron chi connectivity index (χ1n) is 6.59. The van der Waals surface area contributed by atoms with Gasteiger partial charge in [-0.15, -0.1) is 0 Å². The number of esters is 1. The molecule has 0 bridgehead atoms. The van der Waals surface area contributed by atoms with E-state index in [1.165, 1.54) is 0 Å². The number of hydrogen-bond acceptors (Lipinski definition) is 5. The van der Waals surface area contributed by atoms with E-state index in [9.17, 15) is 36.6 Å². The first-order valence-corrected chi connectivity index (χ1v) is 6.59. The van der Waals surface area contributed by atoms with Crippen LogP contribution in [0, 0.1) is 0 Å². The second kappa shape index (κ2) is 6.21. The summed E-state index contributed by atoms with van der Waals surface area (Å²) >= 11 is 0. The van der Waals surface area contributed by atoms with Crippen molar-refractivity contribution in [3.63, 3.8) is 0 Å². The number of carbonyl (C=O) groups is 2. The standard InChI is InChI=1S/C13H11F5N2O4/c1-24-12(23)5-7(10(14)15)19-9(13(16,17)18)6(11(21)22)8(5)20-3-2-4-20/h10H,2-4H2,1H3,(H,21,22). The predicted octanol–water partition coefficient (Wildman–Crippen LogP) is 2.73. The molecule has 132 valence electrons. The third-order valence-electron chi connectivity index (χ3n) is 3.45. The van der Waals surface area contributed by atoms with Crippen LogP contribution in [0.4, 0.5) is 27.6 Å². The van der Waals surface area contributed by atoms with E-state index in [0.717, 1.165) is 12.0 Å². The molecule has 0 spiro atoms. The summed E-state index contributed by atoms with van der Waals surface area (Å²) in [5.74, 6) is -3.40. The molecule has 0 aromatic carbocycles. The van der Waals surface area contributed by atoms with Gasteiger partial charge in [0, 0.05) is 13.1 Å². The number of ether oxygens (including phenoxy) is 1. The Bertz CT molecular complexity index is 686. The molecule has 0 atom stereocenters. The lowest BCUT2D eigenvalue weighted by molar-refractivity contribution is -0.142. The lowest BCUT2D eigenvalue weighted by Crippen LogP contribution is -2.40. The van der Waals surface area contributed by atoms with Gasteiger partial charge < -0.3 is 14.7 Å². The Morgan fingerprint density at radius 3 is 2.17 bits per heavy atom. The summed E-state index contributed by atoms with van der Waals surface area (Å²) < 4.78 is 70.1. The van der Waals surface area contributed by atoms with E-state index >= 15 is 0 Å². The van der Waals surface area contributed by atoms with E-state index in [0.29, 0.717) is 6.42 Å². The highest BCUT2D eigenvalue weighted by Gasteiger charge is 2.44. The molecule has 1 aromatic heterocycles. The monoisotopic (exact) mass is 354 g/mol. The zero-order valence-corrected chi connectivity index (χ0v) is 12.2. The van der Waals surface area contributed by atoms with Gasteiger partial charge in [-0.3, -0.25) is 0 Å². The summed E-state index contributed by atoms with van der Waals surface area (Å²) in [7, 11) is 0.843. The number of aromatic carboxylic acids is 1. The molecule has 1 fully saturated rings. The van der Waals surface area contributed by atoms with Gasteiger partial charge in [0.1, 0.15) is 16.8 Å². The average molecular weight is 354 g/mol. The molecule has 1 saturated heterocycles. The van der Waals surface area contributed by atoms with Crippen molar-refractivity contribution in [1.82, 2.24) is 4.98 Å². The smallest absolute Gasteiger partial charge is 0.434 e. The molecule has 1 aromatic rings. The van der Waals surface area contributed by atoms with Crippen molar-refractivity contribution in [2.24, 2.45) is 0 Å². The van der Waals surface area contributed by atoms with Gasteiger partial charge in [0.05, 0.1) is 12.8 Å². The number of nitrogens with zero attached hydrogens (tertiary/aromatic N) is 2. The van der Waals surface area contributed by atoms with Crippen molar-refractivity contribution in [3.05, 3.63) is 22.5 Å². The maximum Gasteiger partial charge on any atom is 0.434 e. The van der Waals surface area contributed by atoms with Gasteiger partial charge in [-0.2, -0.15) is 13.2 Å². The largest absolute Gasteiger partial charge is 0.478 e. The topological polar surface area (TPSA) is 79.7 Å². The molecule has 0 radical (unpaired) electrons. The summed E-state index contributed by atoms with van der Waals surface area (Å²) in [4.78, 5) is 27.1. The van der Waals surface area contributed by atoms with Gasteiger partial charge in [0.25, 0.3) is 6.43 Å². The first kappa shape index (κ1) is 17.9. The van der Waals surface area contributed by atoms with Crippen LogP contribution in [0.5, 0.6) is 0 Å². The van der Waals surface area contributed by atoms with Crippen molar-refractivity contribution in [2.45, 2.75) is 19.0 Å². The summed E-state index contributed by atoms with van der Waals surface area (Å²) in [5.41, 5.74) is -6.47. The highest BCUT2D eigenvalue weighted by atomic mass is 19.4. The van der Waals surface area contributed by atoms with Crippen LogP contribution in [-0.2, 0) is 10.9 Å². The fraction of sp³-hybridized carbons (Fsp3) is 0.462. The van der Waals surface area contributed by atoms with Crippen molar-refractivity contribution < 1.29 is 41.4 Å². The van der Waals surface area contributed by atoms with Crippen LogP contribution >= 0.6 is 0 Å². The second-order valence-corrected chi connectivity index (χ2v) is 4.88. The Balaban J connectivity index is 2.94. The number of hydrogen-bond donors (Lipinski definition) is 1. The quantitative estimate of drug-likeness (QED) is 0.662. The van der Waals surface area contributed by atoms with E-state index in [1.807, 2.05) is 0 Å². The number of carboxylic acid groups (broad SMARTS) is 1. The number of aromatic nitrogens is 1. The fourth-order valence-corrected chi connectivity index (χ4v) is 2.32. The summed E-state index contributed by atoms with van der Waals surface area (Å²) in [6.45, 7) is 0.239. The molecule has 1 N–H and O–H groups in total.